The lowest BCUT2D eigenvalue weighted by Crippen LogP contribution is -2.08. The third kappa shape index (κ3) is 7.74. The van der Waals surface area contributed by atoms with Crippen molar-refractivity contribution < 1.29 is 41.0 Å². The van der Waals surface area contributed by atoms with Gasteiger partial charge >= 0.3 is 18.3 Å². The first-order valence-electron chi connectivity index (χ1n) is 12.7. The molecule has 0 fully saturated rings. The summed E-state index contributed by atoms with van der Waals surface area (Å²) >= 11 is 0. The molecule has 0 aliphatic carbocycles. The average Bonchev–Trinajstić information content (AvgIpc) is 2.95. The average molecular weight is 587 g/mol. The number of ketones is 1. The lowest BCUT2D eigenvalue weighted by Gasteiger charge is -2.15. The Balaban J connectivity index is 1.51. The van der Waals surface area contributed by atoms with E-state index in [1.807, 2.05) is 0 Å². The first-order chi connectivity index (χ1) is 19.8. The summed E-state index contributed by atoms with van der Waals surface area (Å²) in [6, 6.07) is 17.9. The molecule has 0 saturated heterocycles. The second-order valence-corrected chi connectivity index (χ2v) is 9.48. The second-order valence-electron chi connectivity index (χ2n) is 9.48. The Bertz CT molecular complexity index is 1550. The zero-order valence-corrected chi connectivity index (χ0v) is 21.9. The van der Waals surface area contributed by atoms with Crippen LogP contribution in [0.15, 0.2) is 85.1 Å². The highest BCUT2D eigenvalue weighted by molar-refractivity contribution is 5.94. The normalized spacial score (nSPS) is 11.8. The van der Waals surface area contributed by atoms with Crippen LogP contribution in [0, 0.1) is 0 Å². The van der Waals surface area contributed by atoms with E-state index in [0.29, 0.717) is 27.9 Å². The molecule has 1 heterocycles. The zero-order chi connectivity index (χ0) is 30.5. The number of aromatic nitrogens is 1. The van der Waals surface area contributed by atoms with Crippen LogP contribution in [-0.2, 0) is 23.7 Å². The molecule has 4 rings (SSSR count). The number of carbonyl (C=O) groups is 2. The summed E-state index contributed by atoms with van der Waals surface area (Å²) < 4.78 is 79.0. The molecule has 0 atom stereocenters. The minimum Gasteiger partial charge on any atom is -0.481 e. The maximum atomic E-state index is 13.5. The van der Waals surface area contributed by atoms with E-state index in [0.717, 1.165) is 24.3 Å². The number of pyridine rings is 1. The van der Waals surface area contributed by atoms with Crippen molar-refractivity contribution in [2.24, 2.45) is 0 Å². The lowest BCUT2D eigenvalue weighted by molar-refractivity contribution is -0.138. The fourth-order valence-corrected chi connectivity index (χ4v) is 4.25. The van der Waals surface area contributed by atoms with Crippen LogP contribution in [0.5, 0.6) is 0 Å². The molecule has 0 spiro atoms. The molecule has 0 bridgehead atoms. The molecular formula is C31H24F6N2O3. The van der Waals surface area contributed by atoms with Crippen molar-refractivity contribution in [3.05, 3.63) is 107 Å². The molecule has 0 amide bonds. The molecule has 2 N–H and O–H groups in total. The van der Waals surface area contributed by atoms with Crippen molar-refractivity contribution in [1.29, 1.82) is 0 Å². The van der Waals surface area contributed by atoms with Crippen LogP contribution >= 0.6 is 0 Å². The minimum atomic E-state index is -4.58. The van der Waals surface area contributed by atoms with Crippen molar-refractivity contribution in [2.45, 2.75) is 38.2 Å². The number of carboxylic acid groups (broad SMARTS) is 1. The fraction of sp³-hybridized carbons (Fsp3) is 0.194. The Labute approximate surface area is 236 Å². The van der Waals surface area contributed by atoms with Crippen LogP contribution in [0.4, 0.5) is 32.0 Å². The second kappa shape index (κ2) is 12.5. The summed E-state index contributed by atoms with van der Waals surface area (Å²) in [4.78, 5) is 27.1. The van der Waals surface area contributed by atoms with Crippen LogP contribution in [-0.4, -0.2) is 21.8 Å². The van der Waals surface area contributed by atoms with E-state index in [1.165, 1.54) is 36.5 Å². The van der Waals surface area contributed by atoms with E-state index >= 15 is 0 Å². The molecule has 5 nitrogen and oxygen atoms in total. The zero-order valence-electron chi connectivity index (χ0n) is 21.9. The Morgan fingerprint density at radius 1 is 0.714 bits per heavy atom. The van der Waals surface area contributed by atoms with E-state index in [1.54, 1.807) is 24.3 Å². The van der Waals surface area contributed by atoms with Crippen molar-refractivity contribution in [2.75, 3.05) is 5.32 Å². The Morgan fingerprint density at radius 2 is 1.29 bits per heavy atom. The van der Waals surface area contributed by atoms with Gasteiger partial charge in [0, 0.05) is 36.8 Å². The Kier molecular flexibility index (Phi) is 8.99. The molecule has 218 valence electrons. The largest absolute Gasteiger partial charge is 0.481 e. The number of nitrogens with zero attached hydrogens (tertiary/aromatic N) is 1. The first-order valence-corrected chi connectivity index (χ1v) is 12.7. The number of anilines is 1. The van der Waals surface area contributed by atoms with Gasteiger partial charge in [-0.3, -0.25) is 14.6 Å². The molecule has 11 heteroatoms. The van der Waals surface area contributed by atoms with Gasteiger partial charge in [0.2, 0.25) is 0 Å². The first kappa shape index (κ1) is 30.3. The number of Topliss-reactive ketones (excluding diaryl/α,β-unsaturated/α-hetero) is 1. The van der Waals surface area contributed by atoms with Gasteiger partial charge in [-0.15, -0.1) is 0 Å². The third-order valence-electron chi connectivity index (χ3n) is 6.51. The molecule has 0 aliphatic rings. The maximum Gasteiger partial charge on any atom is 0.416 e. The highest BCUT2D eigenvalue weighted by Crippen LogP contribution is 2.35. The quantitative estimate of drug-likeness (QED) is 0.144. The number of carboxylic acids is 1. The Morgan fingerprint density at radius 3 is 1.83 bits per heavy atom. The van der Waals surface area contributed by atoms with Crippen LogP contribution in [0.1, 0.15) is 46.4 Å². The van der Waals surface area contributed by atoms with Crippen LogP contribution in [0.25, 0.3) is 22.3 Å². The van der Waals surface area contributed by atoms with Gasteiger partial charge in [-0.2, -0.15) is 26.3 Å². The smallest absolute Gasteiger partial charge is 0.416 e. The summed E-state index contributed by atoms with van der Waals surface area (Å²) in [6.45, 7) is 0.142. The highest BCUT2D eigenvalue weighted by atomic mass is 19.4. The van der Waals surface area contributed by atoms with Gasteiger partial charge in [0.05, 0.1) is 11.1 Å². The highest BCUT2D eigenvalue weighted by Gasteiger charge is 2.31. The topological polar surface area (TPSA) is 79.3 Å². The van der Waals surface area contributed by atoms with E-state index < -0.39 is 29.4 Å². The van der Waals surface area contributed by atoms with E-state index in [-0.39, 0.29) is 42.8 Å². The summed E-state index contributed by atoms with van der Waals surface area (Å²) in [5.41, 5.74) is 1.55. The third-order valence-corrected chi connectivity index (χ3v) is 6.51. The summed E-state index contributed by atoms with van der Waals surface area (Å²) in [6.07, 6.45) is -7.74. The lowest BCUT2D eigenvalue weighted by atomic mass is 9.97. The SMILES string of the molecule is O=C(O)CCCC(=O)c1ccc(-c2cc(C(F)(F)F)ccc2CNc2ccc(-c3ccc(C(F)(F)F)cc3)cc2)cn1. The summed E-state index contributed by atoms with van der Waals surface area (Å²) in [7, 11) is 0. The van der Waals surface area contributed by atoms with Crippen molar-refractivity contribution in [1.82, 2.24) is 4.98 Å². The number of nitrogens with one attached hydrogen (secondary N) is 1. The fourth-order valence-electron chi connectivity index (χ4n) is 4.25. The molecule has 3 aromatic carbocycles. The van der Waals surface area contributed by atoms with Gasteiger partial charge in [-0.25, -0.2) is 0 Å². The number of hydrogen-bond donors (Lipinski definition) is 2. The van der Waals surface area contributed by atoms with Gasteiger partial charge in [-0.1, -0.05) is 36.4 Å². The van der Waals surface area contributed by atoms with E-state index in [9.17, 15) is 35.9 Å². The van der Waals surface area contributed by atoms with Gasteiger partial charge in [0.1, 0.15) is 5.69 Å². The summed E-state index contributed by atoms with van der Waals surface area (Å²) in [5.74, 6) is -1.39. The van der Waals surface area contributed by atoms with Crippen molar-refractivity contribution in [3.63, 3.8) is 0 Å². The van der Waals surface area contributed by atoms with Gasteiger partial charge in [0.15, 0.2) is 5.78 Å². The molecule has 0 unspecified atom stereocenters. The van der Waals surface area contributed by atoms with Gasteiger partial charge in [0.25, 0.3) is 0 Å². The van der Waals surface area contributed by atoms with Gasteiger partial charge < -0.3 is 10.4 Å². The van der Waals surface area contributed by atoms with Crippen LogP contribution < -0.4 is 5.32 Å². The number of benzene rings is 3. The predicted molar refractivity (Wildman–Crippen MR) is 145 cm³/mol. The number of hydrogen-bond acceptors (Lipinski definition) is 4. The number of carbonyl (C=O) groups excluding carboxylic acids is 1. The monoisotopic (exact) mass is 586 g/mol. The number of aliphatic carboxylic acids is 1. The van der Waals surface area contributed by atoms with Crippen molar-refractivity contribution in [3.8, 4) is 22.3 Å². The number of rotatable bonds is 10. The van der Waals surface area contributed by atoms with E-state index in [2.05, 4.69) is 10.3 Å². The Hall–Kier alpha value is -4.67. The standard InChI is InChI=1S/C31H24F6N2O3/c32-30(33,34)23-10-4-19(5-11-23)20-7-13-25(14-8-20)38-17-21-6-12-24(31(35,36)37)16-26(21)22-9-15-27(39-18-22)28(40)2-1-3-29(41)42/h4-16,18,38H,1-3,17H2,(H,41,42). The molecular weight excluding hydrogens is 562 g/mol. The van der Waals surface area contributed by atoms with Crippen molar-refractivity contribution >= 4 is 17.4 Å². The molecule has 42 heavy (non-hydrogen) atoms. The summed E-state index contributed by atoms with van der Waals surface area (Å²) in [5, 5.41) is 11.9. The molecule has 0 aliphatic heterocycles. The molecule has 0 radical (unpaired) electrons. The number of alkyl halides is 6. The van der Waals surface area contributed by atoms with E-state index in [4.69, 9.17) is 5.11 Å². The minimum absolute atomic E-state index is 0.0188. The van der Waals surface area contributed by atoms with Crippen LogP contribution in [0.2, 0.25) is 0 Å². The van der Waals surface area contributed by atoms with Gasteiger partial charge in [-0.05, 0) is 71.1 Å². The predicted octanol–water partition coefficient (Wildman–Crippen LogP) is 8.50. The maximum absolute atomic E-state index is 13.5. The molecule has 1 aromatic heterocycles. The van der Waals surface area contributed by atoms with Crippen LogP contribution in [0.3, 0.4) is 0 Å². The molecule has 0 saturated carbocycles. The molecule has 4 aromatic rings. The number of halogens is 6.